The highest BCUT2D eigenvalue weighted by atomic mass is 16.4. The van der Waals surface area contributed by atoms with Crippen LogP contribution in [0.5, 0.6) is 0 Å². The third-order valence-corrected chi connectivity index (χ3v) is 3.28. The third-order valence-electron chi connectivity index (χ3n) is 3.28. The van der Waals surface area contributed by atoms with Crippen molar-refractivity contribution < 1.29 is 9.90 Å². The standard InChI is InChI=1S/C12H18N4O2/c1-7-14-6-8(12(17)18)11(15-7)16-10-5-3-2-4-9(10)13/h6,9-10H,2-5,13H2,1H3,(H,17,18)(H,14,15,16). The first-order valence-corrected chi connectivity index (χ1v) is 6.17. The normalized spacial score (nSPS) is 23.7. The first kappa shape index (κ1) is 12.8. The van der Waals surface area contributed by atoms with Gasteiger partial charge in [0.05, 0.1) is 0 Å². The second-order valence-corrected chi connectivity index (χ2v) is 4.68. The van der Waals surface area contributed by atoms with Crippen molar-refractivity contribution in [2.45, 2.75) is 44.7 Å². The quantitative estimate of drug-likeness (QED) is 0.744. The molecule has 0 aromatic carbocycles. The lowest BCUT2D eigenvalue weighted by Gasteiger charge is -2.30. The van der Waals surface area contributed by atoms with Gasteiger partial charge >= 0.3 is 5.97 Å². The number of aromatic nitrogens is 2. The Morgan fingerprint density at radius 3 is 2.89 bits per heavy atom. The Labute approximate surface area is 106 Å². The molecular weight excluding hydrogens is 232 g/mol. The number of hydrogen-bond donors (Lipinski definition) is 3. The Kier molecular flexibility index (Phi) is 3.76. The Morgan fingerprint density at radius 1 is 1.50 bits per heavy atom. The van der Waals surface area contributed by atoms with Gasteiger partial charge in [0.1, 0.15) is 17.2 Å². The number of anilines is 1. The van der Waals surface area contributed by atoms with Crippen molar-refractivity contribution in [3.05, 3.63) is 17.6 Å². The van der Waals surface area contributed by atoms with E-state index < -0.39 is 5.97 Å². The van der Waals surface area contributed by atoms with Crippen LogP contribution in [0.3, 0.4) is 0 Å². The molecule has 0 radical (unpaired) electrons. The number of rotatable bonds is 3. The lowest BCUT2D eigenvalue weighted by atomic mass is 9.91. The highest BCUT2D eigenvalue weighted by molar-refractivity contribution is 5.92. The number of carboxylic acids is 1. The second-order valence-electron chi connectivity index (χ2n) is 4.68. The number of nitrogens with one attached hydrogen (secondary N) is 1. The zero-order valence-electron chi connectivity index (χ0n) is 10.4. The molecule has 18 heavy (non-hydrogen) atoms. The van der Waals surface area contributed by atoms with E-state index in [4.69, 9.17) is 10.8 Å². The smallest absolute Gasteiger partial charge is 0.341 e. The molecule has 6 heteroatoms. The predicted molar refractivity (Wildman–Crippen MR) is 67.6 cm³/mol. The number of carbonyl (C=O) groups is 1. The van der Waals surface area contributed by atoms with Crippen LogP contribution >= 0.6 is 0 Å². The Hall–Kier alpha value is -1.69. The molecule has 1 aliphatic rings. The van der Waals surface area contributed by atoms with Crippen molar-refractivity contribution in [1.29, 1.82) is 0 Å². The molecule has 1 saturated carbocycles. The summed E-state index contributed by atoms with van der Waals surface area (Å²) >= 11 is 0. The average Bonchev–Trinajstić information content (AvgIpc) is 2.32. The first-order chi connectivity index (χ1) is 8.58. The summed E-state index contributed by atoms with van der Waals surface area (Å²) in [5.41, 5.74) is 6.13. The molecule has 2 atom stereocenters. The molecule has 1 heterocycles. The summed E-state index contributed by atoms with van der Waals surface area (Å²) in [5, 5.41) is 12.3. The second kappa shape index (κ2) is 5.30. The van der Waals surface area contributed by atoms with E-state index in [1.54, 1.807) is 6.92 Å². The van der Waals surface area contributed by atoms with Gasteiger partial charge in [-0.2, -0.15) is 0 Å². The largest absolute Gasteiger partial charge is 0.477 e. The molecule has 1 aromatic heterocycles. The average molecular weight is 250 g/mol. The fourth-order valence-corrected chi connectivity index (χ4v) is 2.25. The van der Waals surface area contributed by atoms with Crippen LogP contribution < -0.4 is 11.1 Å². The molecule has 98 valence electrons. The maximum atomic E-state index is 11.1. The van der Waals surface area contributed by atoms with Crippen molar-refractivity contribution in [3.63, 3.8) is 0 Å². The van der Waals surface area contributed by atoms with Gasteiger partial charge < -0.3 is 16.2 Å². The molecule has 2 unspecified atom stereocenters. The number of aryl methyl sites for hydroxylation is 1. The van der Waals surface area contributed by atoms with Gasteiger partial charge in [-0.3, -0.25) is 0 Å². The molecule has 0 spiro atoms. The third kappa shape index (κ3) is 2.76. The predicted octanol–water partition coefficient (Wildman–Crippen LogP) is 1.17. The molecule has 4 N–H and O–H groups in total. The highest BCUT2D eigenvalue weighted by Crippen LogP contribution is 2.22. The summed E-state index contributed by atoms with van der Waals surface area (Å²) in [5.74, 6) is -0.105. The van der Waals surface area contributed by atoms with Gasteiger partial charge in [0.15, 0.2) is 0 Å². The monoisotopic (exact) mass is 250 g/mol. The van der Waals surface area contributed by atoms with Gasteiger partial charge in [0.2, 0.25) is 0 Å². The zero-order valence-corrected chi connectivity index (χ0v) is 10.4. The van der Waals surface area contributed by atoms with Crippen molar-refractivity contribution in [2.75, 3.05) is 5.32 Å². The van der Waals surface area contributed by atoms with E-state index in [-0.39, 0.29) is 17.6 Å². The number of carboxylic acid groups (broad SMARTS) is 1. The van der Waals surface area contributed by atoms with Gasteiger partial charge in [-0.1, -0.05) is 12.8 Å². The van der Waals surface area contributed by atoms with E-state index in [9.17, 15) is 4.79 Å². The van der Waals surface area contributed by atoms with Crippen molar-refractivity contribution in [2.24, 2.45) is 5.73 Å². The van der Waals surface area contributed by atoms with Crippen molar-refractivity contribution >= 4 is 11.8 Å². The molecule has 0 bridgehead atoms. The molecule has 1 aromatic rings. The van der Waals surface area contributed by atoms with Gasteiger partial charge in [-0.15, -0.1) is 0 Å². The number of aromatic carboxylic acids is 1. The molecule has 6 nitrogen and oxygen atoms in total. The number of nitrogens with zero attached hydrogens (tertiary/aromatic N) is 2. The van der Waals surface area contributed by atoms with E-state index in [0.29, 0.717) is 11.6 Å². The van der Waals surface area contributed by atoms with Gasteiger partial charge in [0.25, 0.3) is 0 Å². The van der Waals surface area contributed by atoms with Crippen LogP contribution in [-0.4, -0.2) is 33.1 Å². The minimum absolute atomic E-state index is 0.0515. The Balaban J connectivity index is 2.21. The lowest BCUT2D eigenvalue weighted by Crippen LogP contribution is -2.43. The summed E-state index contributed by atoms with van der Waals surface area (Å²) in [4.78, 5) is 19.2. The van der Waals surface area contributed by atoms with Crippen LogP contribution in [0.2, 0.25) is 0 Å². The van der Waals surface area contributed by atoms with Crippen molar-refractivity contribution in [1.82, 2.24) is 9.97 Å². The van der Waals surface area contributed by atoms with Crippen LogP contribution in [0.4, 0.5) is 5.82 Å². The molecule has 1 aliphatic carbocycles. The maximum Gasteiger partial charge on any atom is 0.341 e. The molecular formula is C12H18N4O2. The molecule has 2 rings (SSSR count). The van der Waals surface area contributed by atoms with Crippen LogP contribution in [0.15, 0.2) is 6.20 Å². The summed E-state index contributed by atoms with van der Waals surface area (Å²) < 4.78 is 0. The van der Waals surface area contributed by atoms with E-state index in [1.807, 2.05) is 0 Å². The van der Waals surface area contributed by atoms with Crippen molar-refractivity contribution in [3.8, 4) is 0 Å². The van der Waals surface area contributed by atoms with Crippen LogP contribution in [0.1, 0.15) is 41.9 Å². The SMILES string of the molecule is Cc1ncc(C(=O)O)c(NC2CCCCC2N)n1. The highest BCUT2D eigenvalue weighted by Gasteiger charge is 2.24. The lowest BCUT2D eigenvalue weighted by molar-refractivity contribution is 0.0697. The zero-order chi connectivity index (χ0) is 13.1. The van der Waals surface area contributed by atoms with E-state index in [0.717, 1.165) is 25.7 Å². The van der Waals surface area contributed by atoms with Gasteiger partial charge in [-0.05, 0) is 19.8 Å². The number of nitrogens with two attached hydrogens (primary N) is 1. The van der Waals surface area contributed by atoms with E-state index >= 15 is 0 Å². The summed E-state index contributed by atoms with van der Waals surface area (Å²) in [6.45, 7) is 1.73. The van der Waals surface area contributed by atoms with E-state index in [2.05, 4.69) is 15.3 Å². The summed E-state index contributed by atoms with van der Waals surface area (Å²) in [6, 6.07) is 0.141. The Bertz CT molecular complexity index is 450. The molecule has 0 aliphatic heterocycles. The number of hydrogen-bond acceptors (Lipinski definition) is 5. The topological polar surface area (TPSA) is 101 Å². The van der Waals surface area contributed by atoms with E-state index in [1.165, 1.54) is 6.20 Å². The van der Waals surface area contributed by atoms with Gasteiger partial charge in [0, 0.05) is 18.3 Å². The molecule has 0 saturated heterocycles. The minimum Gasteiger partial charge on any atom is -0.477 e. The minimum atomic E-state index is -1.03. The van der Waals surface area contributed by atoms with Crippen LogP contribution in [0, 0.1) is 6.92 Å². The van der Waals surface area contributed by atoms with Crippen LogP contribution in [-0.2, 0) is 0 Å². The first-order valence-electron chi connectivity index (χ1n) is 6.17. The van der Waals surface area contributed by atoms with Gasteiger partial charge in [-0.25, -0.2) is 14.8 Å². The molecule has 0 amide bonds. The van der Waals surface area contributed by atoms with Crippen LogP contribution in [0.25, 0.3) is 0 Å². The molecule has 1 fully saturated rings. The fraction of sp³-hybridized carbons (Fsp3) is 0.583. The Morgan fingerprint density at radius 2 is 2.22 bits per heavy atom. The fourth-order valence-electron chi connectivity index (χ4n) is 2.25. The summed E-state index contributed by atoms with van der Waals surface area (Å²) in [7, 11) is 0. The summed E-state index contributed by atoms with van der Waals surface area (Å²) in [6.07, 6.45) is 5.49. The maximum absolute atomic E-state index is 11.1.